The monoisotopic (exact) mass is 327 g/mol. The maximum absolute atomic E-state index is 12.7. The third kappa shape index (κ3) is 2.77. The van der Waals surface area contributed by atoms with Crippen LogP contribution in [0.5, 0.6) is 0 Å². The Labute approximate surface area is 104 Å². The molecule has 0 atom stereocenters. The van der Waals surface area contributed by atoms with Gasteiger partial charge in [-0.1, -0.05) is 0 Å². The van der Waals surface area contributed by atoms with Crippen LogP contribution < -0.4 is 5.73 Å². The maximum Gasteiger partial charge on any atom is 0.460 e. The zero-order chi connectivity index (χ0) is 16.6. The number of alkyl halides is 11. The van der Waals surface area contributed by atoms with E-state index in [9.17, 15) is 48.3 Å². The number of rotatable bonds is 6. The first-order valence-electron chi connectivity index (χ1n) is 4.53. The third-order valence-corrected chi connectivity index (χ3v) is 1.96. The summed E-state index contributed by atoms with van der Waals surface area (Å²) in [6.45, 7) is -2.19. The first kappa shape index (κ1) is 19.1. The molecule has 13 heteroatoms. The van der Waals surface area contributed by atoms with Crippen molar-refractivity contribution in [2.24, 2.45) is 5.73 Å². The van der Waals surface area contributed by atoms with E-state index >= 15 is 0 Å². The summed E-state index contributed by atoms with van der Waals surface area (Å²) in [6.07, 6.45) is -7.16. The smallest absolute Gasteiger partial charge is 0.460 e. The van der Waals surface area contributed by atoms with Gasteiger partial charge in [0.25, 0.3) is 0 Å². The van der Waals surface area contributed by atoms with Crippen molar-refractivity contribution >= 4 is 0 Å². The van der Waals surface area contributed by atoms with Crippen molar-refractivity contribution in [3.8, 4) is 0 Å². The first-order chi connectivity index (χ1) is 8.56. The molecule has 0 radical (unpaired) electrons. The molecule has 0 saturated carbocycles. The predicted molar refractivity (Wildman–Crippen MR) is 43.1 cm³/mol. The molecule has 0 fully saturated rings. The van der Waals surface area contributed by atoms with Crippen LogP contribution in [0.2, 0.25) is 0 Å². The number of halogens is 11. The number of hydrogen-bond acceptors (Lipinski definition) is 1. The second kappa shape index (κ2) is 5.16. The fourth-order valence-corrected chi connectivity index (χ4v) is 0.868. The van der Waals surface area contributed by atoms with Crippen LogP contribution in [0.15, 0.2) is 0 Å². The van der Waals surface area contributed by atoms with E-state index in [1.54, 1.807) is 5.32 Å². The molecule has 0 aromatic carbocycles. The van der Waals surface area contributed by atoms with Crippen molar-refractivity contribution < 1.29 is 48.3 Å². The lowest BCUT2D eigenvalue weighted by Gasteiger charge is -2.43. The normalized spacial score (nSPS) is 15.6. The summed E-state index contributed by atoms with van der Waals surface area (Å²) < 4.78 is 135. The molecule has 0 bridgehead atoms. The van der Waals surface area contributed by atoms with Crippen molar-refractivity contribution in [1.82, 2.24) is 0 Å². The van der Waals surface area contributed by atoms with E-state index in [1.807, 2.05) is 0 Å². The van der Waals surface area contributed by atoms with Gasteiger partial charge < -0.3 is 11.1 Å². The molecule has 0 aliphatic carbocycles. The second-order valence-electron chi connectivity index (χ2n) is 3.43. The molecule has 0 aliphatic rings. The predicted octanol–water partition coefficient (Wildman–Crippen LogP) is 3.38. The molecule has 0 saturated heterocycles. The average molecular weight is 327 g/mol. The molecule has 0 aromatic rings. The molecular formula is C7H6F11N2-. The number of nitrogens with two attached hydrogens (primary N) is 1. The quantitative estimate of drug-likeness (QED) is 0.590. The van der Waals surface area contributed by atoms with E-state index in [1.165, 1.54) is 0 Å². The highest BCUT2D eigenvalue weighted by molar-refractivity contribution is 5.12. The van der Waals surface area contributed by atoms with Crippen LogP contribution in [0, 0.1) is 0 Å². The van der Waals surface area contributed by atoms with Gasteiger partial charge in [-0.3, -0.25) is 0 Å². The van der Waals surface area contributed by atoms with Gasteiger partial charge in [-0.15, -0.1) is 6.54 Å². The zero-order valence-electron chi connectivity index (χ0n) is 9.10. The molecule has 122 valence electrons. The largest absolute Gasteiger partial charge is 0.594 e. The minimum absolute atomic E-state index is 0.840. The molecule has 0 rings (SSSR count). The van der Waals surface area contributed by atoms with E-state index in [0.29, 0.717) is 0 Å². The van der Waals surface area contributed by atoms with E-state index in [0.717, 1.165) is 0 Å². The summed E-state index contributed by atoms with van der Waals surface area (Å²) in [5, 5.41) is 1.62. The molecule has 20 heavy (non-hydrogen) atoms. The van der Waals surface area contributed by atoms with Gasteiger partial charge >= 0.3 is 23.9 Å². The molecule has 0 aliphatic heterocycles. The van der Waals surface area contributed by atoms with E-state index in [-0.39, 0.29) is 0 Å². The summed E-state index contributed by atoms with van der Waals surface area (Å²) in [4.78, 5) is 0. The maximum atomic E-state index is 12.7. The second-order valence-corrected chi connectivity index (χ2v) is 3.43. The lowest BCUT2D eigenvalue weighted by atomic mass is 10.0. The van der Waals surface area contributed by atoms with Crippen molar-refractivity contribution in [3.63, 3.8) is 0 Å². The van der Waals surface area contributed by atoms with E-state index in [2.05, 4.69) is 5.73 Å². The van der Waals surface area contributed by atoms with Gasteiger partial charge in [-0.2, -0.15) is 39.5 Å². The van der Waals surface area contributed by atoms with Crippen LogP contribution in [0.25, 0.3) is 5.32 Å². The highest BCUT2D eigenvalue weighted by Crippen LogP contribution is 2.58. The van der Waals surface area contributed by atoms with Crippen LogP contribution in [-0.4, -0.2) is 43.1 Å². The number of nitrogens with zero attached hydrogens (tertiary/aromatic N) is 1. The summed E-state index contributed by atoms with van der Waals surface area (Å²) in [5.74, 6) is -21.9. The van der Waals surface area contributed by atoms with Crippen LogP contribution in [-0.2, 0) is 0 Å². The Morgan fingerprint density at radius 1 is 0.650 bits per heavy atom. The molecular weight excluding hydrogens is 321 g/mol. The zero-order valence-corrected chi connectivity index (χ0v) is 9.10. The standard InChI is InChI=1S/C7H6F11N2/c8-3(9,4(10,11)6(14,15)16)5(12,13)7(17,18)20-2-1-19/h1-2,19H2/q-1. The Bertz CT molecular complexity index is 334. The van der Waals surface area contributed by atoms with Crippen molar-refractivity contribution in [2.75, 3.05) is 13.1 Å². The van der Waals surface area contributed by atoms with Gasteiger partial charge in [0.05, 0.1) is 0 Å². The Balaban J connectivity index is 5.68. The van der Waals surface area contributed by atoms with Crippen LogP contribution in [0.1, 0.15) is 0 Å². The van der Waals surface area contributed by atoms with Gasteiger partial charge in [0.2, 0.25) is 6.05 Å². The van der Waals surface area contributed by atoms with Gasteiger partial charge in [0, 0.05) is 0 Å². The molecule has 0 aromatic heterocycles. The number of hydrogen-bond donors (Lipinski definition) is 1. The van der Waals surface area contributed by atoms with Crippen LogP contribution in [0.3, 0.4) is 0 Å². The molecule has 2 N–H and O–H groups in total. The van der Waals surface area contributed by atoms with Crippen LogP contribution in [0.4, 0.5) is 48.3 Å². The van der Waals surface area contributed by atoms with Gasteiger partial charge in [0.1, 0.15) is 0 Å². The highest BCUT2D eigenvalue weighted by Gasteiger charge is 2.85. The van der Waals surface area contributed by atoms with Gasteiger partial charge in [0.15, 0.2) is 0 Å². The molecule has 0 amide bonds. The topological polar surface area (TPSA) is 40.1 Å². The lowest BCUT2D eigenvalue weighted by Crippen LogP contribution is -2.66. The average Bonchev–Trinajstić information content (AvgIpc) is 2.24. The fourth-order valence-electron chi connectivity index (χ4n) is 0.868. The summed E-state index contributed by atoms with van der Waals surface area (Å²) in [5.41, 5.74) is 4.56. The molecule has 2 nitrogen and oxygen atoms in total. The summed E-state index contributed by atoms with van der Waals surface area (Å²) >= 11 is 0. The van der Waals surface area contributed by atoms with Gasteiger partial charge in [-0.25, -0.2) is 8.78 Å². The first-order valence-corrected chi connectivity index (χ1v) is 4.53. The summed E-state index contributed by atoms with van der Waals surface area (Å²) in [6, 6.07) is -6.16. The SMILES string of the molecule is NCC[N-]C(F)(F)C(F)(F)C(F)(F)C(F)(F)C(F)(F)F. The third-order valence-electron chi connectivity index (χ3n) is 1.96. The van der Waals surface area contributed by atoms with E-state index < -0.39 is 43.1 Å². The molecule has 0 spiro atoms. The lowest BCUT2D eigenvalue weighted by molar-refractivity contribution is -0.418. The Morgan fingerprint density at radius 2 is 1.05 bits per heavy atom. The Kier molecular flexibility index (Phi) is 4.95. The minimum atomic E-state index is -7.42. The van der Waals surface area contributed by atoms with Gasteiger partial charge in [-0.05, 0) is 6.54 Å². The fraction of sp³-hybridized carbons (Fsp3) is 1.00. The van der Waals surface area contributed by atoms with Crippen molar-refractivity contribution in [3.05, 3.63) is 5.32 Å². The van der Waals surface area contributed by atoms with Crippen molar-refractivity contribution in [2.45, 2.75) is 30.0 Å². The minimum Gasteiger partial charge on any atom is -0.594 e. The summed E-state index contributed by atoms with van der Waals surface area (Å²) in [7, 11) is 0. The Hall–Kier alpha value is -0.850. The molecule has 0 heterocycles. The molecule has 0 unspecified atom stereocenters. The van der Waals surface area contributed by atoms with E-state index in [4.69, 9.17) is 0 Å². The Morgan fingerprint density at radius 3 is 1.35 bits per heavy atom. The highest BCUT2D eigenvalue weighted by atomic mass is 19.4. The van der Waals surface area contributed by atoms with Crippen LogP contribution >= 0.6 is 0 Å². The van der Waals surface area contributed by atoms with Crippen molar-refractivity contribution in [1.29, 1.82) is 0 Å².